The standard InChI is InChI=1S/C40H42F3N7O6S/c1-49(18-4-3-17-44-25-8-5-7-24-34(25)39(55)50(38(24)54)29-15-16-33(51)48-36(29)53)21-22-11-13-23(14-12-22)37-47-28-19-30(56-2)27(20-31(28)57-37)46-35(52)26-9-6-10-32(45-26)40(41,42)43/h5-10,19-20,22-23,29,44H,3-4,11-18,21H2,1-2H3,(H,46,52)(H,48,51,53). The number of imide groups is 2. The van der Waals surface area contributed by atoms with E-state index < -0.39 is 47.4 Å². The van der Waals surface area contributed by atoms with Crippen LogP contribution in [0.3, 0.4) is 0 Å². The molecule has 0 spiro atoms. The number of halogens is 3. The summed E-state index contributed by atoms with van der Waals surface area (Å²) >= 11 is 1.54. The summed E-state index contributed by atoms with van der Waals surface area (Å²) in [7, 11) is 3.57. The second kappa shape index (κ2) is 16.6. The van der Waals surface area contributed by atoms with Crippen molar-refractivity contribution in [3.8, 4) is 5.75 Å². The lowest BCUT2D eigenvalue weighted by Gasteiger charge is -2.30. The molecule has 3 N–H and O–H groups in total. The highest BCUT2D eigenvalue weighted by molar-refractivity contribution is 7.18. The fourth-order valence-corrected chi connectivity index (χ4v) is 8.99. The summed E-state index contributed by atoms with van der Waals surface area (Å²) in [6.45, 7) is 2.47. The zero-order chi connectivity index (χ0) is 40.4. The number of rotatable bonds is 13. The molecule has 7 rings (SSSR count). The van der Waals surface area contributed by atoms with Crippen molar-refractivity contribution in [2.24, 2.45) is 5.92 Å². The molecule has 13 nitrogen and oxygen atoms in total. The first-order valence-electron chi connectivity index (χ1n) is 18.9. The summed E-state index contributed by atoms with van der Waals surface area (Å²) in [4.78, 5) is 75.1. The Morgan fingerprint density at radius 1 is 0.982 bits per heavy atom. The molecular weight excluding hydrogens is 764 g/mol. The van der Waals surface area contributed by atoms with Gasteiger partial charge in [0.2, 0.25) is 11.8 Å². The number of nitrogens with zero attached hydrogens (tertiary/aromatic N) is 4. The number of ether oxygens (including phenoxy) is 1. The lowest BCUT2D eigenvalue weighted by molar-refractivity contribution is -0.141. The normalized spacial score (nSPS) is 19.9. The molecule has 1 saturated carbocycles. The van der Waals surface area contributed by atoms with Crippen LogP contribution in [-0.4, -0.2) is 89.1 Å². The summed E-state index contributed by atoms with van der Waals surface area (Å²) in [5.41, 5.74) is 0.603. The molecule has 2 aliphatic heterocycles. The molecule has 300 valence electrons. The zero-order valence-corrected chi connectivity index (χ0v) is 32.2. The van der Waals surface area contributed by atoms with Crippen LogP contribution < -0.4 is 20.7 Å². The number of carbonyl (C=O) groups is 5. The van der Waals surface area contributed by atoms with Crippen molar-refractivity contribution in [2.45, 2.75) is 69.5 Å². The summed E-state index contributed by atoms with van der Waals surface area (Å²) in [6, 6.07) is 10.7. The maximum Gasteiger partial charge on any atom is 0.433 e. The lowest BCUT2D eigenvalue weighted by Crippen LogP contribution is -2.54. The zero-order valence-electron chi connectivity index (χ0n) is 31.4. The number of methoxy groups -OCH3 is 1. The quantitative estimate of drug-likeness (QED) is 0.101. The van der Waals surface area contributed by atoms with E-state index in [9.17, 15) is 37.1 Å². The van der Waals surface area contributed by atoms with E-state index in [-0.39, 0.29) is 29.7 Å². The van der Waals surface area contributed by atoms with Crippen molar-refractivity contribution in [1.29, 1.82) is 0 Å². The minimum absolute atomic E-state index is 0.0670. The molecule has 0 radical (unpaired) electrons. The molecule has 1 unspecified atom stereocenters. The van der Waals surface area contributed by atoms with E-state index in [2.05, 4.69) is 32.9 Å². The highest BCUT2D eigenvalue weighted by atomic mass is 32.1. The SMILES string of the molecule is COc1cc2nc(C3CCC(CN(C)CCCCNc4cccc5c4C(=O)N(C4CCC(=O)NC4=O)C5=O)CC3)sc2cc1NC(=O)c1cccc(C(F)(F)F)n1. The molecule has 2 aromatic heterocycles. The van der Waals surface area contributed by atoms with E-state index in [0.717, 1.165) is 83.9 Å². The Hall–Kier alpha value is -5.42. The van der Waals surface area contributed by atoms with Crippen molar-refractivity contribution in [3.63, 3.8) is 0 Å². The number of benzene rings is 2. The van der Waals surface area contributed by atoms with Gasteiger partial charge in [-0.15, -0.1) is 11.3 Å². The van der Waals surface area contributed by atoms with E-state index in [4.69, 9.17) is 9.72 Å². The van der Waals surface area contributed by atoms with Crippen molar-refractivity contribution in [2.75, 3.05) is 44.4 Å². The first kappa shape index (κ1) is 39.8. The van der Waals surface area contributed by atoms with Crippen LogP contribution in [0.15, 0.2) is 48.5 Å². The van der Waals surface area contributed by atoms with Crippen molar-refractivity contribution in [3.05, 3.63) is 76.1 Å². The van der Waals surface area contributed by atoms with Gasteiger partial charge in [0.15, 0.2) is 0 Å². The molecule has 5 amide bonds. The number of unbranched alkanes of at least 4 members (excludes halogenated alkanes) is 1. The van der Waals surface area contributed by atoms with Gasteiger partial charge < -0.3 is 20.3 Å². The minimum Gasteiger partial charge on any atom is -0.494 e. The van der Waals surface area contributed by atoms with E-state index in [1.165, 1.54) is 13.2 Å². The van der Waals surface area contributed by atoms with E-state index in [1.54, 1.807) is 41.7 Å². The fourth-order valence-electron chi connectivity index (χ4n) is 7.84. The predicted molar refractivity (Wildman–Crippen MR) is 206 cm³/mol. The van der Waals surface area contributed by atoms with E-state index >= 15 is 0 Å². The van der Waals surface area contributed by atoms with Gasteiger partial charge >= 0.3 is 6.18 Å². The van der Waals surface area contributed by atoms with Crippen LogP contribution in [-0.2, 0) is 15.8 Å². The van der Waals surface area contributed by atoms with Crippen LogP contribution in [0.2, 0.25) is 0 Å². The largest absolute Gasteiger partial charge is 0.494 e. The molecule has 2 aromatic carbocycles. The number of thiazole rings is 1. The van der Waals surface area contributed by atoms with Crippen LogP contribution >= 0.6 is 11.3 Å². The van der Waals surface area contributed by atoms with Gasteiger partial charge in [-0.05, 0) is 94.8 Å². The number of hydrogen-bond acceptors (Lipinski definition) is 11. The predicted octanol–water partition coefficient (Wildman–Crippen LogP) is 6.47. The summed E-state index contributed by atoms with van der Waals surface area (Å²) in [5, 5.41) is 9.19. The van der Waals surface area contributed by atoms with Gasteiger partial charge in [-0.1, -0.05) is 12.1 Å². The second-order valence-electron chi connectivity index (χ2n) is 14.7. The monoisotopic (exact) mass is 805 g/mol. The summed E-state index contributed by atoms with van der Waals surface area (Å²) < 4.78 is 45.8. The Morgan fingerprint density at radius 2 is 1.75 bits per heavy atom. The average molecular weight is 806 g/mol. The number of aromatic nitrogens is 2. The molecule has 0 bridgehead atoms. The molecular formula is C40H42F3N7O6S. The third-order valence-corrected chi connectivity index (χ3v) is 11.9. The number of amides is 5. The molecule has 17 heteroatoms. The first-order chi connectivity index (χ1) is 27.3. The Morgan fingerprint density at radius 3 is 2.49 bits per heavy atom. The molecule has 57 heavy (non-hydrogen) atoms. The lowest BCUT2D eigenvalue weighted by atomic mass is 9.82. The maximum atomic E-state index is 13.3. The number of fused-ring (bicyclic) bond motifs is 2. The van der Waals surface area contributed by atoms with Gasteiger partial charge in [-0.3, -0.25) is 34.2 Å². The topological polar surface area (TPSA) is 163 Å². The summed E-state index contributed by atoms with van der Waals surface area (Å²) in [6.07, 6.45) is 1.38. The number of anilines is 2. The highest BCUT2D eigenvalue weighted by Crippen LogP contribution is 2.41. The molecule has 1 saturated heterocycles. The van der Waals surface area contributed by atoms with Crippen LogP contribution in [0.5, 0.6) is 5.75 Å². The van der Waals surface area contributed by atoms with Gasteiger partial charge in [0, 0.05) is 37.2 Å². The molecule has 1 aliphatic carbocycles. The Kier molecular flexibility index (Phi) is 11.6. The van der Waals surface area contributed by atoms with Gasteiger partial charge in [0.05, 0.1) is 39.1 Å². The Balaban J connectivity index is 0.865. The summed E-state index contributed by atoms with van der Waals surface area (Å²) in [5.74, 6) is -1.70. The van der Waals surface area contributed by atoms with Gasteiger partial charge in [-0.2, -0.15) is 13.2 Å². The minimum atomic E-state index is -4.67. The average Bonchev–Trinajstić information content (AvgIpc) is 3.71. The van der Waals surface area contributed by atoms with Gasteiger partial charge in [0.1, 0.15) is 23.2 Å². The number of pyridine rings is 1. The molecule has 3 aliphatic rings. The number of piperidine rings is 1. The van der Waals surface area contributed by atoms with Crippen LogP contribution in [0.1, 0.15) is 99.2 Å². The van der Waals surface area contributed by atoms with Crippen LogP contribution in [0.4, 0.5) is 24.5 Å². The maximum absolute atomic E-state index is 13.3. The smallest absolute Gasteiger partial charge is 0.433 e. The number of nitrogens with one attached hydrogen (secondary N) is 3. The third-order valence-electron chi connectivity index (χ3n) is 10.8. The Bertz CT molecular complexity index is 2220. The van der Waals surface area contributed by atoms with Gasteiger partial charge in [0.25, 0.3) is 17.7 Å². The Labute approximate surface area is 330 Å². The third kappa shape index (κ3) is 8.63. The van der Waals surface area contributed by atoms with E-state index in [1.807, 2.05) is 0 Å². The number of alkyl halides is 3. The van der Waals surface area contributed by atoms with Crippen molar-refractivity contribution >= 4 is 62.5 Å². The number of hydrogen-bond donors (Lipinski definition) is 3. The highest BCUT2D eigenvalue weighted by Gasteiger charge is 2.45. The van der Waals surface area contributed by atoms with Crippen molar-refractivity contribution in [1.82, 2.24) is 25.1 Å². The van der Waals surface area contributed by atoms with E-state index in [0.29, 0.717) is 35.5 Å². The molecule has 1 atom stereocenters. The molecule has 4 heterocycles. The molecule has 4 aromatic rings. The van der Waals surface area contributed by atoms with Crippen molar-refractivity contribution < 1.29 is 41.9 Å². The first-order valence-corrected chi connectivity index (χ1v) is 19.7. The van der Waals surface area contributed by atoms with Crippen LogP contribution in [0.25, 0.3) is 10.2 Å². The number of carbonyl (C=O) groups excluding carboxylic acids is 5. The fraction of sp³-hybridized carbons (Fsp3) is 0.425. The van der Waals surface area contributed by atoms with Crippen LogP contribution in [0, 0.1) is 5.92 Å². The second-order valence-corrected chi connectivity index (χ2v) is 15.8. The molecule has 2 fully saturated rings. The van der Waals surface area contributed by atoms with Gasteiger partial charge in [-0.25, -0.2) is 9.97 Å².